The zero-order valence-corrected chi connectivity index (χ0v) is 10.5. The minimum Gasteiger partial charge on any atom is -0.444 e. The second-order valence-corrected chi connectivity index (χ2v) is 4.95. The molecular weight excluding hydrogens is 202 g/mol. The molecule has 0 saturated carbocycles. The maximum atomic E-state index is 11.6. The van der Waals surface area contributed by atoms with E-state index in [0.717, 1.165) is 16.8 Å². The minimum atomic E-state index is -0.470. The number of carbonyl (C=O) groups is 1. The van der Waals surface area contributed by atoms with Crippen LogP contribution in [0.15, 0.2) is 18.2 Å². The lowest BCUT2D eigenvalue weighted by Gasteiger charge is -2.20. The summed E-state index contributed by atoms with van der Waals surface area (Å²) in [5, 5.41) is 2.75. The number of anilines is 1. The number of benzene rings is 1. The van der Waals surface area contributed by atoms with Gasteiger partial charge in [-0.25, -0.2) is 4.79 Å². The van der Waals surface area contributed by atoms with E-state index in [2.05, 4.69) is 5.32 Å². The summed E-state index contributed by atoms with van der Waals surface area (Å²) in [6.45, 7) is 9.47. The molecule has 0 aliphatic carbocycles. The van der Waals surface area contributed by atoms with Crippen molar-refractivity contribution in [3.05, 3.63) is 29.3 Å². The van der Waals surface area contributed by atoms with E-state index in [1.807, 2.05) is 52.8 Å². The largest absolute Gasteiger partial charge is 0.444 e. The Balaban J connectivity index is 2.73. The molecule has 0 aromatic heterocycles. The highest BCUT2D eigenvalue weighted by atomic mass is 16.6. The summed E-state index contributed by atoms with van der Waals surface area (Å²) in [6, 6.07) is 5.91. The Labute approximate surface area is 96.8 Å². The quantitative estimate of drug-likeness (QED) is 0.786. The average molecular weight is 221 g/mol. The van der Waals surface area contributed by atoms with Gasteiger partial charge in [-0.2, -0.15) is 0 Å². The number of rotatable bonds is 1. The van der Waals surface area contributed by atoms with E-state index in [1.165, 1.54) is 0 Å². The third-order valence-electron chi connectivity index (χ3n) is 2.03. The van der Waals surface area contributed by atoms with Crippen LogP contribution >= 0.6 is 0 Å². The normalized spacial score (nSPS) is 11.1. The highest BCUT2D eigenvalue weighted by Crippen LogP contribution is 2.17. The summed E-state index contributed by atoms with van der Waals surface area (Å²) in [5.41, 5.74) is 2.46. The summed E-state index contributed by atoms with van der Waals surface area (Å²) < 4.78 is 5.19. The SMILES string of the molecule is Cc1ccc(C)c(NC(=O)OC(C)(C)C)c1. The molecule has 0 fully saturated rings. The maximum absolute atomic E-state index is 11.6. The van der Waals surface area contributed by atoms with Gasteiger partial charge in [0.05, 0.1) is 0 Å². The van der Waals surface area contributed by atoms with E-state index in [-0.39, 0.29) is 0 Å². The highest BCUT2D eigenvalue weighted by molar-refractivity contribution is 5.86. The van der Waals surface area contributed by atoms with Gasteiger partial charge in [0.1, 0.15) is 5.60 Å². The molecule has 3 nitrogen and oxygen atoms in total. The molecule has 0 bridgehead atoms. The lowest BCUT2D eigenvalue weighted by molar-refractivity contribution is 0.0636. The van der Waals surface area contributed by atoms with Crippen LogP contribution in [0.2, 0.25) is 0 Å². The first-order chi connectivity index (χ1) is 7.28. The van der Waals surface area contributed by atoms with Crippen LogP contribution in [0.1, 0.15) is 31.9 Å². The molecule has 1 aromatic carbocycles. The molecule has 0 radical (unpaired) electrons. The van der Waals surface area contributed by atoms with E-state index in [9.17, 15) is 4.79 Å². The van der Waals surface area contributed by atoms with Gasteiger partial charge in [-0.05, 0) is 51.8 Å². The Morgan fingerprint density at radius 3 is 2.44 bits per heavy atom. The Kier molecular flexibility index (Phi) is 3.58. The molecule has 0 unspecified atom stereocenters. The second kappa shape index (κ2) is 4.56. The van der Waals surface area contributed by atoms with Gasteiger partial charge >= 0.3 is 6.09 Å². The van der Waals surface area contributed by atoms with E-state index in [4.69, 9.17) is 4.74 Å². The van der Waals surface area contributed by atoms with Gasteiger partial charge in [0.15, 0.2) is 0 Å². The average Bonchev–Trinajstić information content (AvgIpc) is 2.08. The Bertz CT molecular complexity index is 391. The lowest BCUT2D eigenvalue weighted by Crippen LogP contribution is -2.27. The summed E-state index contributed by atoms with van der Waals surface area (Å²) >= 11 is 0. The predicted molar refractivity (Wildman–Crippen MR) is 65.8 cm³/mol. The van der Waals surface area contributed by atoms with Crippen LogP contribution in [0.25, 0.3) is 0 Å². The molecule has 0 spiro atoms. The third kappa shape index (κ3) is 3.93. The maximum Gasteiger partial charge on any atom is 0.412 e. The molecule has 88 valence electrons. The van der Waals surface area contributed by atoms with Gasteiger partial charge in [0, 0.05) is 5.69 Å². The number of aryl methyl sites for hydroxylation is 2. The number of hydrogen-bond acceptors (Lipinski definition) is 2. The molecule has 1 rings (SSSR count). The van der Waals surface area contributed by atoms with E-state index < -0.39 is 11.7 Å². The van der Waals surface area contributed by atoms with E-state index >= 15 is 0 Å². The molecule has 1 N–H and O–H groups in total. The van der Waals surface area contributed by atoms with Crippen molar-refractivity contribution in [3.63, 3.8) is 0 Å². The standard InChI is InChI=1S/C13H19NO2/c1-9-6-7-10(2)11(8-9)14-12(15)16-13(3,4)5/h6-8H,1-5H3,(H,14,15). The van der Waals surface area contributed by atoms with Crippen molar-refractivity contribution in [1.29, 1.82) is 0 Å². The van der Waals surface area contributed by atoms with Crippen molar-refractivity contribution in [3.8, 4) is 0 Å². The van der Waals surface area contributed by atoms with Gasteiger partial charge in [-0.15, -0.1) is 0 Å². The van der Waals surface area contributed by atoms with Crippen molar-refractivity contribution in [1.82, 2.24) is 0 Å². The predicted octanol–water partition coefficient (Wildman–Crippen LogP) is 3.65. The highest BCUT2D eigenvalue weighted by Gasteiger charge is 2.16. The van der Waals surface area contributed by atoms with E-state index in [0.29, 0.717) is 0 Å². The van der Waals surface area contributed by atoms with E-state index in [1.54, 1.807) is 0 Å². The first kappa shape index (κ1) is 12.6. The summed E-state index contributed by atoms with van der Waals surface area (Å²) in [5.74, 6) is 0. The smallest absolute Gasteiger partial charge is 0.412 e. The van der Waals surface area contributed by atoms with Gasteiger partial charge < -0.3 is 4.74 Å². The van der Waals surface area contributed by atoms with Crippen LogP contribution in [0, 0.1) is 13.8 Å². The molecule has 1 aromatic rings. The van der Waals surface area contributed by atoms with Crippen LogP contribution in [0.4, 0.5) is 10.5 Å². The molecule has 0 atom stereocenters. The van der Waals surface area contributed by atoms with Crippen molar-refractivity contribution >= 4 is 11.8 Å². The fourth-order valence-electron chi connectivity index (χ4n) is 1.28. The van der Waals surface area contributed by atoms with Crippen LogP contribution in [-0.2, 0) is 4.74 Å². The second-order valence-electron chi connectivity index (χ2n) is 4.95. The summed E-state index contributed by atoms with van der Waals surface area (Å²) in [7, 11) is 0. The fraction of sp³-hybridized carbons (Fsp3) is 0.462. The Hall–Kier alpha value is -1.51. The zero-order chi connectivity index (χ0) is 12.3. The van der Waals surface area contributed by atoms with Crippen LogP contribution in [0.3, 0.4) is 0 Å². The number of nitrogens with one attached hydrogen (secondary N) is 1. The first-order valence-electron chi connectivity index (χ1n) is 5.35. The number of carbonyl (C=O) groups excluding carboxylic acids is 1. The molecule has 0 saturated heterocycles. The van der Waals surface area contributed by atoms with Crippen LogP contribution in [-0.4, -0.2) is 11.7 Å². The molecule has 16 heavy (non-hydrogen) atoms. The molecular formula is C13H19NO2. The minimum absolute atomic E-state index is 0.416. The third-order valence-corrected chi connectivity index (χ3v) is 2.03. The van der Waals surface area contributed by atoms with Crippen molar-refractivity contribution in [2.75, 3.05) is 5.32 Å². The monoisotopic (exact) mass is 221 g/mol. The zero-order valence-electron chi connectivity index (χ0n) is 10.5. The number of amides is 1. The molecule has 1 amide bonds. The fourth-order valence-corrected chi connectivity index (χ4v) is 1.28. The van der Waals surface area contributed by atoms with Gasteiger partial charge in [-0.3, -0.25) is 5.32 Å². The van der Waals surface area contributed by atoms with Crippen molar-refractivity contribution in [2.45, 2.75) is 40.2 Å². The van der Waals surface area contributed by atoms with Gasteiger partial charge in [0.2, 0.25) is 0 Å². The van der Waals surface area contributed by atoms with Gasteiger partial charge in [-0.1, -0.05) is 12.1 Å². The van der Waals surface area contributed by atoms with Crippen molar-refractivity contribution < 1.29 is 9.53 Å². The Morgan fingerprint density at radius 1 is 1.25 bits per heavy atom. The van der Waals surface area contributed by atoms with Crippen molar-refractivity contribution in [2.24, 2.45) is 0 Å². The first-order valence-corrected chi connectivity index (χ1v) is 5.35. The van der Waals surface area contributed by atoms with Crippen LogP contribution in [0.5, 0.6) is 0 Å². The molecule has 0 heterocycles. The molecule has 3 heteroatoms. The molecule has 0 aliphatic heterocycles. The lowest BCUT2D eigenvalue weighted by atomic mass is 10.1. The summed E-state index contributed by atoms with van der Waals surface area (Å²) in [4.78, 5) is 11.6. The van der Waals surface area contributed by atoms with Gasteiger partial charge in [0.25, 0.3) is 0 Å². The molecule has 0 aliphatic rings. The van der Waals surface area contributed by atoms with Crippen LogP contribution < -0.4 is 5.32 Å². The number of hydrogen-bond donors (Lipinski definition) is 1. The Morgan fingerprint density at radius 2 is 1.88 bits per heavy atom. The number of ether oxygens (including phenoxy) is 1. The topological polar surface area (TPSA) is 38.3 Å². The summed E-state index contributed by atoms with van der Waals surface area (Å²) in [6.07, 6.45) is -0.416.